The molecule has 2 N–H and O–H groups in total. The Morgan fingerprint density at radius 2 is 1.88 bits per heavy atom. The van der Waals surface area contributed by atoms with Crippen molar-refractivity contribution < 1.29 is 14.7 Å². The van der Waals surface area contributed by atoms with E-state index in [9.17, 15) is 9.59 Å². The molecule has 0 bridgehead atoms. The number of nitrogens with zero attached hydrogens (tertiary/aromatic N) is 2. The number of carboxylic acid groups (broad SMARTS) is 1. The standard InChI is InChI=1S/C11H19N3O3/c15-10(8-13-3-1-12-2-4-13)14-6-9(7-14)5-11(16)17/h9,12H,1-8H2,(H,16,17). The number of hydrogen-bond donors (Lipinski definition) is 2. The van der Waals surface area contributed by atoms with Crippen LogP contribution in [0.2, 0.25) is 0 Å². The van der Waals surface area contributed by atoms with E-state index in [1.165, 1.54) is 0 Å². The van der Waals surface area contributed by atoms with E-state index in [1.807, 2.05) is 0 Å². The highest BCUT2D eigenvalue weighted by Gasteiger charge is 2.32. The highest BCUT2D eigenvalue weighted by atomic mass is 16.4. The summed E-state index contributed by atoms with van der Waals surface area (Å²) in [7, 11) is 0. The lowest BCUT2D eigenvalue weighted by Gasteiger charge is -2.40. The summed E-state index contributed by atoms with van der Waals surface area (Å²) < 4.78 is 0. The van der Waals surface area contributed by atoms with Gasteiger partial charge in [0, 0.05) is 45.2 Å². The average molecular weight is 241 g/mol. The van der Waals surface area contributed by atoms with Crippen LogP contribution in [0.1, 0.15) is 6.42 Å². The zero-order valence-corrected chi connectivity index (χ0v) is 9.89. The molecule has 0 aromatic rings. The van der Waals surface area contributed by atoms with Gasteiger partial charge in [-0.1, -0.05) is 0 Å². The first-order valence-corrected chi connectivity index (χ1v) is 6.08. The molecule has 17 heavy (non-hydrogen) atoms. The van der Waals surface area contributed by atoms with Crippen molar-refractivity contribution in [2.75, 3.05) is 45.8 Å². The SMILES string of the molecule is O=C(O)CC1CN(C(=O)CN2CCNCC2)C1. The fourth-order valence-electron chi connectivity index (χ4n) is 2.31. The molecule has 2 saturated heterocycles. The molecule has 6 nitrogen and oxygen atoms in total. The maximum atomic E-state index is 11.8. The molecule has 0 saturated carbocycles. The number of carbonyl (C=O) groups excluding carboxylic acids is 1. The molecule has 1 amide bonds. The minimum atomic E-state index is -0.774. The number of amides is 1. The Morgan fingerprint density at radius 1 is 1.24 bits per heavy atom. The summed E-state index contributed by atoms with van der Waals surface area (Å²) in [5.41, 5.74) is 0. The van der Waals surface area contributed by atoms with Crippen molar-refractivity contribution in [2.45, 2.75) is 6.42 Å². The van der Waals surface area contributed by atoms with Crippen molar-refractivity contribution in [1.82, 2.24) is 15.1 Å². The van der Waals surface area contributed by atoms with E-state index in [1.54, 1.807) is 4.90 Å². The van der Waals surface area contributed by atoms with Crippen molar-refractivity contribution in [3.8, 4) is 0 Å². The summed E-state index contributed by atoms with van der Waals surface area (Å²) in [6.45, 7) is 5.40. The second-order valence-electron chi connectivity index (χ2n) is 4.79. The van der Waals surface area contributed by atoms with E-state index in [-0.39, 0.29) is 18.2 Å². The Labute approximate surface area is 101 Å². The summed E-state index contributed by atoms with van der Waals surface area (Å²) in [6, 6.07) is 0. The maximum absolute atomic E-state index is 11.8. The maximum Gasteiger partial charge on any atom is 0.303 e. The lowest BCUT2D eigenvalue weighted by Crippen LogP contribution is -2.55. The number of carboxylic acids is 1. The van der Waals surface area contributed by atoms with Gasteiger partial charge in [-0.15, -0.1) is 0 Å². The van der Waals surface area contributed by atoms with Crippen molar-refractivity contribution in [3.05, 3.63) is 0 Å². The van der Waals surface area contributed by atoms with Crippen LogP contribution in [0.15, 0.2) is 0 Å². The third kappa shape index (κ3) is 3.41. The van der Waals surface area contributed by atoms with E-state index in [0.29, 0.717) is 19.6 Å². The molecule has 2 rings (SSSR count). The van der Waals surface area contributed by atoms with Crippen LogP contribution in [0.5, 0.6) is 0 Å². The topological polar surface area (TPSA) is 72.9 Å². The normalized spacial score (nSPS) is 22.2. The predicted octanol–water partition coefficient (Wildman–Crippen LogP) is -1.18. The smallest absolute Gasteiger partial charge is 0.303 e. The number of aliphatic carboxylic acids is 1. The predicted molar refractivity (Wildman–Crippen MR) is 61.6 cm³/mol. The van der Waals surface area contributed by atoms with Crippen LogP contribution in [-0.4, -0.2) is 72.6 Å². The monoisotopic (exact) mass is 241 g/mol. The lowest BCUT2D eigenvalue weighted by molar-refractivity contribution is -0.145. The Balaban J connectivity index is 1.66. The number of rotatable bonds is 4. The summed E-state index contributed by atoms with van der Waals surface area (Å²) in [6.07, 6.45) is 0.178. The molecule has 0 aromatic carbocycles. The Hall–Kier alpha value is -1.14. The molecule has 6 heteroatoms. The highest BCUT2D eigenvalue weighted by Crippen LogP contribution is 2.19. The van der Waals surface area contributed by atoms with Gasteiger partial charge in [-0.05, 0) is 0 Å². The molecule has 2 heterocycles. The van der Waals surface area contributed by atoms with Crippen LogP contribution in [0.4, 0.5) is 0 Å². The first-order valence-electron chi connectivity index (χ1n) is 6.08. The molecule has 96 valence electrons. The number of carbonyl (C=O) groups is 2. The largest absolute Gasteiger partial charge is 0.481 e. The van der Waals surface area contributed by atoms with E-state index >= 15 is 0 Å². The Morgan fingerprint density at radius 3 is 2.47 bits per heavy atom. The Bertz CT molecular complexity index is 296. The van der Waals surface area contributed by atoms with Gasteiger partial charge >= 0.3 is 5.97 Å². The average Bonchev–Trinajstić information content (AvgIpc) is 2.23. The van der Waals surface area contributed by atoms with E-state index in [2.05, 4.69) is 10.2 Å². The second-order valence-corrected chi connectivity index (χ2v) is 4.79. The van der Waals surface area contributed by atoms with Gasteiger partial charge in [0.1, 0.15) is 0 Å². The van der Waals surface area contributed by atoms with Crippen LogP contribution in [0, 0.1) is 5.92 Å². The van der Waals surface area contributed by atoms with E-state index < -0.39 is 5.97 Å². The van der Waals surface area contributed by atoms with Crippen molar-refractivity contribution >= 4 is 11.9 Å². The number of piperazine rings is 1. The van der Waals surface area contributed by atoms with E-state index in [0.717, 1.165) is 26.2 Å². The molecule has 0 spiro atoms. The number of nitrogens with one attached hydrogen (secondary N) is 1. The van der Waals surface area contributed by atoms with Crippen LogP contribution in [0.25, 0.3) is 0 Å². The Kier molecular flexibility index (Phi) is 3.96. The second kappa shape index (κ2) is 5.46. The number of likely N-dealkylation sites (tertiary alicyclic amines) is 1. The van der Waals surface area contributed by atoms with Crippen LogP contribution < -0.4 is 5.32 Å². The van der Waals surface area contributed by atoms with Gasteiger partial charge in [0.15, 0.2) is 0 Å². The van der Waals surface area contributed by atoms with Gasteiger partial charge in [0.05, 0.1) is 13.0 Å². The van der Waals surface area contributed by atoms with Gasteiger partial charge < -0.3 is 15.3 Å². The molecule has 2 aliphatic rings. The summed E-state index contributed by atoms with van der Waals surface area (Å²) >= 11 is 0. The molecule has 2 aliphatic heterocycles. The number of hydrogen-bond acceptors (Lipinski definition) is 4. The third-order valence-electron chi connectivity index (χ3n) is 3.34. The first-order chi connectivity index (χ1) is 8.15. The quantitative estimate of drug-likeness (QED) is 0.648. The lowest BCUT2D eigenvalue weighted by atomic mass is 9.96. The highest BCUT2D eigenvalue weighted by molar-refractivity contribution is 5.79. The van der Waals surface area contributed by atoms with Crippen molar-refractivity contribution in [1.29, 1.82) is 0 Å². The molecular formula is C11H19N3O3. The van der Waals surface area contributed by atoms with Gasteiger partial charge in [0.25, 0.3) is 0 Å². The molecule has 0 aromatic heterocycles. The van der Waals surface area contributed by atoms with Crippen LogP contribution in [-0.2, 0) is 9.59 Å². The molecular weight excluding hydrogens is 222 g/mol. The van der Waals surface area contributed by atoms with Crippen molar-refractivity contribution in [2.24, 2.45) is 5.92 Å². The summed E-state index contributed by atoms with van der Waals surface area (Å²) in [4.78, 5) is 26.2. The zero-order chi connectivity index (χ0) is 12.3. The van der Waals surface area contributed by atoms with Gasteiger partial charge in [0.2, 0.25) is 5.91 Å². The molecule has 0 aliphatic carbocycles. The molecule has 2 fully saturated rings. The molecule has 0 atom stereocenters. The summed E-state index contributed by atoms with van der Waals surface area (Å²) in [5, 5.41) is 11.9. The third-order valence-corrected chi connectivity index (χ3v) is 3.34. The van der Waals surface area contributed by atoms with Gasteiger partial charge in [-0.3, -0.25) is 14.5 Å². The van der Waals surface area contributed by atoms with Gasteiger partial charge in [-0.2, -0.15) is 0 Å². The minimum absolute atomic E-state index is 0.133. The summed E-state index contributed by atoms with van der Waals surface area (Å²) in [5.74, 6) is -0.489. The zero-order valence-electron chi connectivity index (χ0n) is 9.89. The van der Waals surface area contributed by atoms with E-state index in [4.69, 9.17) is 5.11 Å². The van der Waals surface area contributed by atoms with Gasteiger partial charge in [-0.25, -0.2) is 0 Å². The fourth-order valence-corrected chi connectivity index (χ4v) is 2.31. The first kappa shape index (κ1) is 12.3. The van der Waals surface area contributed by atoms with Crippen LogP contribution in [0.3, 0.4) is 0 Å². The fraction of sp³-hybridized carbons (Fsp3) is 0.818. The minimum Gasteiger partial charge on any atom is -0.481 e. The molecule has 0 unspecified atom stereocenters. The van der Waals surface area contributed by atoms with Crippen LogP contribution >= 0.6 is 0 Å². The molecule has 0 radical (unpaired) electrons. The van der Waals surface area contributed by atoms with Crippen molar-refractivity contribution in [3.63, 3.8) is 0 Å².